The van der Waals surface area contributed by atoms with E-state index in [1.54, 1.807) is 17.5 Å². The van der Waals surface area contributed by atoms with Gasteiger partial charge in [0, 0.05) is 30.4 Å². The number of hydrogen-bond acceptors (Lipinski definition) is 7. The summed E-state index contributed by atoms with van der Waals surface area (Å²) in [5.74, 6) is -0.362. The van der Waals surface area contributed by atoms with Gasteiger partial charge in [-0.1, -0.05) is 30.3 Å². The molecule has 0 saturated carbocycles. The molecule has 1 N–H and O–H groups in total. The summed E-state index contributed by atoms with van der Waals surface area (Å²) in [6.07, 6.45) is 3.73. The highest BCUT2D eigenvalue weighted by Crippen LogP contribution is 2.40. The van der Waals surface area contributed by atoms with Crippen LogP contribution < -0.4 is 9.64 Å². The van der Waals surface area contributed by atoms with Crippen LogP contribution in [0.25, 0.3) is 28.0 Å². The second-order valence-electron chi connectivity index (χ2n) is 13.8. The van der Waals surface area contributed by atoms with Crippen molar-refractivity contribution in [1.29, 1.82) is 0 Å². The molecule has 0 aliphatic carbocycles. The van der Waals surface area contributed by atoms with Gasteiger partial charge in [-0.15, -0.1) is 0 Å². The van der Waals surface area contributed by atoms with Crippen molar-refractivity contribution in [1.82, 2.24) is 14.6 Å². The van der Waals surface area contributed by atoms with Crippen LogP contribution in [-0.4, -0.2) is 62.7 Å². The Morgan fingerprint density at radius 1 is 1.13 bits per heavy atom. The molecule has 0 spiro atoms. The van der Waals surface area contributed by atoms with Crippen LogP contribution in [0.15, 0.2) is 54.6 Å². The van der Waals surface area contributed by atoms with Crippen LogP contribution in [-0.2, 0) is 14.3 Å². The molecule has 2 aromatic heterocycles. The molecule has 4 aromatic rings. The lowest BCUT2D eigenvalue weighted by molar-refractivity contribution is -0.160. The summed E-state index contributed by atoms with van der Waals surface area (Å²) in [5, 5.41) is 15.5. The van der Waals surface area contributed by atoms with Crippen molar-refractivity contribution < 1.29 is 28.5 Å². The molecular weight excluding hydrogens is 599 g/mol. The van der Waals surface area contributed by atoms with Crippen molar-refractivity contribution in [3.05, 3.63) is 77.3 Å². The number of carbonyl (C=O) groups is 1. The van der Waals surface area contributed by atoms with Crippen molar-refractivity contribution in [3.8, 4) is 28.1 Å². The van der Waals surface area contributed by atoms with Gasteiger partial charge in [0.15, 0.2) is 11.8 Å². The molecule has 6 bridgehead atoms. The zero-order valence-corrected chi connectivity index (χ0v) is 28.1. The van der Waals surface area contributed by atoms with E-state index in [-0.39, 0.29) is 17.5 Å². The Morgan fingerprint density at radius 2 is 1.85 bits per heavy atom. The number of carboxylic acids is 1. The molecule has 248 valence electrons. The first kappa shape index (κ1) is 32.7. The second-order valence-corrected chi connectivity index (χ2v) is 13.8. The normalized spacial score (nSPS) is 21.4. The number of aromatic nitrogens is 3. The molecule has 1 saturated heterocycles. The molecule has 9 nitrogen and oxygen atoms in total. The molecule has 1 fully saturated rings. The summed E-state index contributed by atoms with van der Waals surface area (Å²) in [7, 11) is 0. The number of fused-ring (bicyclic) bond motifs is 6. The zero-order chi connectivity index (χ0) is 33.7. The third kappa shape index (κ3) is 6.62. The molecule has 7 rings (SSSR count). The third-order valence-electron chi connectivity index (χ3n) is 8.87. The smallest absolute Gasteiger partial charge is 0.337 e. The average Bonchev–Trinajstić information content (AvgIpc) is 3.43. The Hall–Kier alpha value is -4.28. The van der Waals surface area contributed by atoms with E-state index in [1.165, 1.54) is 0 Å². The van der Waals surface area contributed by atoms with Crippen LogP contribution in [0.1, 0.15) is 70.4 Å². The minimum Gasteiger partial charge on any atom is -0.486 e. The largest absolute Gasteiger partial charge is 0.486 e. The number of nitrogens with zero attached hydrogens (tertiary/aromatic N) is 4. The Bertz CT molecular complexity index is 1850. The van der Waals surface area contributed by atoms with Crippen molar-refractivity contribution in [2.75, 3.05) is 24.6 Å². The molecule has 47 heavy (non-hydrogen) atoms. The van der Waals surface area contributed by atoms with E-state index in [9.17, 15) is 9.90 Å². The molecule has 3 aliphatic rings. The number of halogens is 1. The molecule has 2 atom stereocenters. The van der Waals surface area contributed by atoms with Crippen molar-refractivity contribution in [3.63, 3.8) is 0 Å². The molecule has 2 aromatic carbocycles. The maximum atomic E-state index is 15.8. The van der Waals surface area contributed by atoms with E-state index in [4.69, 9.17) is 24.3 Å². The Morgan fingerprint density at radius 3 is 2.55 bits per heavy atom. The molecule has 0 unspecified atom stereocenters. The van der Waals surface area contributed by atoms with E-state index in [1.807, 2.05) is 83.2 Å². The number of ether oxygens (including phenoxy) is 3. The van der Waals surface area contributed by atoms with Gasteiger partial charge in [-0.2, -0.15) is 9.61 Å². The van der Waals surface area contributed by atoms with E-state index < -0.39 is 17.7 Å². The molecule has 3 aliphatic heterocycles. The second kappa shape index (κ2) is 12.4. The Kier molecular flexibility index (Phi) is 8.61. The predicted octanol–water partition coefficient (Wildman–Crippen LogP) is 7.47. The standard InChI is InChI=1S/C37H43FN4O5/c1-22-13-14-28-31(32(22)38)26-12-8-11-25(20-26)27-21-29-39-24(3)30(33(35(43)44)47-36(4,5)6)34(42(29)40-27)41-17-15-37(7,16-18-41)45-19-9-10-23(2)46-28/h8-14,20-21,23,33H,15-19H2,1-7H3,(H,43,44)/b10-9-/t23-,33-/m0/s1. The van der Waals surface area contributed by atoms with Crippen LogP contribution in [0.5, 0.6) is 5.75 Å². The maximum Gasteiger partial charge on any atom is 0.337 e. The topological polar surface area (TPSA) is 98.4 Å². The van der Waals surface area contributed by atoms with Gasteiger partial charge < -0.3 is 24.2 Å². The number of benzene rings is 2. The summed E-state index contributed by atoms with van der Waals surface area (Å²) in [5.41, 5.74) is 3.41. The minimum atomic E-state index is -1.26. The zero-order valence-electron chi connectivity index (χ0n) is 28.1. The highest BCUT2D eigenvalue weighted by molar-refractivity contribution is 5.80. The van der Waals surface area contributed by atoms with E-state index in [2.05, 4.69) is 11.8 Å². The monoisotopic (exact) mass is 642 g/mol. The molecular formula is C37H43FN4O5. The fourth-order valence-electron chi connectivity index (χ4n) is 6.39. The van der Waals surface area contributed by atoms with Crippen LogP contribution in [0.3, 0.4) is 0 Å². The van der Waals surface area contributed by atoms with Gasteiger partial charge >= 0.3 is 5.97 Å². The highest BCUT2D eigenvalue weighted by atomic mass is 19.1. The van der Waals surface area contributed by atoms with E-state index >= 15 is 4.39 Å². The van der Waals surface area contributed by atoms with Gasteiger partial charge in [0.05, 0.1) is 34.6 Å². The lowest BCUT2D eigenvalue weighted by Crippen LogP contribution is -2.45. The van der Waals surface area contributed by atoms with Crippen LogP contribution in [0.4, 0.5) is 10.2 Å². The van der Waals surface area contributed by atoms with Gasteiger partial charge in [-0.05, 0) is 90.6 Å². The number of piperidine rings is 1. The first-order valence-corrected chi connectivity index (χ1v) is 16.2. The Balaban J connectivity index is 1.58. The van der Waals surface area contributed by atoms with Crippen LogP contribution in [0, 0.1) is 19.7 Å². The molecule has 5 heterocycles. The summed E-state index contributed by atoms with van der Waals surface area (Å²) < 4.78 is 36.4. The van der Waals surface area contributed by atoms with Crippen molar-refractivity contribution in [2.45, 2.75) is 84.7 Å². The van der Waals surface area contributed by atoms with Gasteiger partial charge in [0.2, 0.25) is 0 Å². The fraction of sp³-hybridized carbons (Fsp3) is 0.432. The van der Waals surface area contributed by atoms with Gasteiger partial charge in [0.1, 0.15) is 23.5 Å². The first-order chi connectivity index (χ1) is 22.2. The van der Waals surface area contributed by atoms with Gasteiger partial charge in [0.25, 0.3) is 0 Å². The molecule has 0 amide bonds. The summed E-state index contributed by atoms with van der Waals surface area (Å²) >= 11 is 0. The van der Waals surface area contributed by atoms with E-state index in [0.29, 0.717) is 70.6 Å². The van der Waals surface area contributed by atoms with Gasteiger partial charge in [-0.25, -0.2) is 14.2 Å². The van der Waals surface area contributed by atoms with Crippen LogP contribution >= 0.6 is 0 Å². The molecule has 0 radical (unpaired) electrons. The number of aliphatic carboxylic acids is 1. The summed E-state index contributed by atoms with van der Waals surface area (Å²) in [6.45, 7) is 14.7. The number of rotatable bonds is 3. The predicted molar refractivity (Wildman–Crippen MR) is 180 cm³/mol. The maximum absolute atomic E-state index is 15.8. The Labute approximate surface area is 275 Å². The summed E-state index contributed by atoms with van der Waals surface area (Å²) in [4.78, 5) is 19.8. The van der Waals surface area contributed by atoms with Crippen molar-refractivity contribution in [2.24, 2.45) is 0 Å². The SMILES string of the molecule is Cc1ccc2c(c1F)-c1cccc(c1)-c1cc3nc(C)c([C@H](OC(C)(C)C)C(=O)O)c(n3n1)N1CCC(C)(CC1)OC/C=C\[C@H](C)O2. The minimum absolute atomic E-state index is 0.319. The summed E-state index contributed by atoms with van der Waals surface area (Å²) in [6, 6.07) is 13.0. The lowest BCUT2D eigenvalue weighted by Gasteiger charge is -2.41. The molecule has 10 heteroatoms. The lowest BCUT2D eigenvalue weighted by atomic mass is 9.92. The number of carboxylic acid groups (broad SMARTS) is 1. The number of anilines is 1. The van der Waals surface area contributed by atoms with Crippen molar-refractivity contribution >= 4 is 17.4 Å². The van der Waals surface area contributed by atoms with E-state index in [0.717, 1.165) is 18.4 Å². The first-order valence-electron chi connectivity index (χ1n) is 16.2. The number of aryl methyl sites for hydroxylation is 2. The van der Waals surface area contributed by atoms with Crippen LogP contribution in [0.2, 0.25) is 0 Å². The average molecular weight is 643 g/mol. The number of hydrogen-bond donors (Lipinski definition) is 1. The fourth-order valence-corrected chi connectivity index (χ4v) is 6.39. The third-order valence-corrected chi connectivity index (χ3v) is 8.87. The quantitative estimate of drug-likeness (QED) is 0.230. The van der Waals surface area contributed by atoms with Gasteiger partial charge in [-0.3, -0.25) is 0 Å². The highest BCUT2D eigenvalue weighted by Gasteiger charge is 2.38.